The number of hydrogen-bond donors (Lipinski definition) is 1. The van der Waals surface area contributed by atoms with Crippen molar-refractivity contribution in [3.63, 3.8) is 0 Å². The van der Waals surface area contributed by atoms with Gasteiger partial charge in [-0.2, -0.15) is 0 Å². The van der Waals surface area contributed by atoms with E-state index in [0.29, 0.717) is 13.0 Å². The Hall–Kier alpha value is -1.32. The summed E-state index contributed by atoms with van der Waals surface area (Å²) in [5, 5.41) is 0. The zero-order valence-electron chi connectivity index (χ0n) is 8.08. The van der Waals surface area contributed by atoms with Gasteiger partial charge in [0.1, 0.15) is 0 Å². The van der Waals surface area contributed by atoms with E-state index in [1.807, 2.05) is 0 Å². The monoisotopic (exact) mass is 198 g/mol. The molecule has 2 N–H and O–H groups in total. The van der Waals surface area contributed by atoms with Gasteiger partial charge in [0, 0.05) is 12.7 Å². The second-order valence-corrected chi connectivity index (χ2v) is 3.21. The maximum atomic E-state index is 11.8. The fourth-order valence-corrected chi connectivity index (χ4v) is 1.28. The number of nitrogen functional groups attached to an aromatic ring is 1. The van der Waals surface area contributed by atoms with Crippen LogP contribution in [-0.4, -0.2) is 11.2 Å². The molecule has 1 aromatic heterocycles. The topological polar surface area (TPSA) is 48.0 Å². The van der Waals surface area contributed by atoms with E-state index < -0.39 is 0 Å². The second-order valence-electron chi connectivity index (χ2n) is 3.21. The van der Waals surface area contributed by atoms with E-state index >= 15 is 0 Å². The van der Waals surface area contributed by atoms with E-state index in [1.54, 1.807) is 22.9 Å². The molecular formula is C10H15FN2O. The van der Waals surface area contributed by atoms with Crippen LogP contribution in [0, 0.1) is 0 Å². The summed E-state index contributed by atoms with van der Waals surface area (Å²) in [4.78, 5) is 11.4. The van der Waals surface area contributed by atoms with Gasteiger partial charge in [0.2, 0.25) is 0 Å². The van der Waals surface area contributed by atoms with Crippen molar-refractivity contribution in [1.29, 1.82) is 0 Å². The van der Waals surface area contributed by atoms with Crippen LogP contribution in [0.4, 0.5) is 10.1 Å². The number of nitrogens with two attached hydrogens (primary N) is 1. The number of unbranched alkanes of at least 4 members (excludes halogenated alkanes) is 2. The smallest absolute Gasteiger partial charge is 0.273 e. The first-order valence-corrected chi connectivity index (χ1v) is 4.76. The summed E-state index contributed by atoms with van der Waals surface area (Å²) in [6, 6.07) is 3.33. The van der Waals surface area contributed by atoms with Crippen LogP contribution >= 0.6 is 0 Å². The minimum absolute atomic E-state index is 0.159. The van der Waals surface area contributed by atoms with Gasteiger partial charge in [0.05, 0.1) is 12.4 Å². The van der Waals surface area contributed by atoms with E-state index in [4.69, 9.17) is 5.73 Å². The molecule has 0 saturated heterocycles. The summed E-state index contributed by atoms with van der Waals surface area (Å²) in [6.07, 6.45) is 3.89. The van der Waals surface area contributed by atoms with E-state index in [2.05, 4.69) is 0 Å². The van der Waals surface area contributed by atoms with E-state index in [-0.39, 0.29) is 17.9 Å². The molecule has 0 atom stereocenters. The first-order chi connectivity index (χ1) is 6.75. The Bertz CT molecular complexity index is 335. The number of alkyl halides is 1. The molecule has 0 amide bonds. The van der Waals surface area contributed by atoms with Gasteiger partial charge in [-0.25, -0.2) is 0 Å². The van der Waals surface area contributed by atoms with Crippen molar-refractivity contribution in [3.05, 3.63) is 28.7 Å². The summed E-state index contributed by atoms with van der Waals surface area (Å²) in [5.74, 6) is 0. The molecule has 3 nitrogen and oxygen atoms in total. The van der Waals surface area contributed by atoms with Gasteiger partial charge in [0.25, 0.3) is 5.56 Å². The molecule has 1 aromatic rings. The molecule has 0 radical (unpaired) electrons. The standard InChI is InChI=1S/C10H15FN2O/c11-6-2-1-3-7-13-8-4-5-9(12)10(13)14/h4-5,8H,1-3,6-7,12H2. The van der Waals surface area contributed by atoms with Crippen LogP contribution in [0.25, 0.3) is 0 Å². The van der Waals surface area contributed by atoms with Crippen LogP contribution in [0.5, 0.6) is 0 Å². The van der Waals surface area contributed by atoms with Crippen LogP contribution in [0.2, 0.25) is 0 Å². The Morgan fingerprint density at radius 3 is 2.86 bits per heavy atom. The van der Waals surface area contributed by atoms with Crippen molar-refractivity contribution in [2.45, 2.75) is 25.8 Å². The number of pyridine rings is 1. The van der Waals surface area contributed by atoms with Gasteiger partial charge in [-0.1, -0.05) is 0 Å². The summed E-state index contributed by atoms with van der Waals surface area (Å²) in [7, 11) is 0. The maximum absolute atomic E-state index is 11.8. The minimum Gasteiger partial charge on any atom is -0.394 e. The minimum atomic E-state index is -0.286. The molecule has 0 fully saturated rings. The molecule has 78 valence electrons. The molecule has 0 unspecified atom stereocenters. The van der Waals surface area contributed by atoms with Crippen LogP contribution in [0.3, 0.4) is 0 Å². The Balaban J connectivity index is 2.51. The zero-order valence-corrected chi connectivity index (χ0v) is 8.08. The fourth-order valence-electron chi connectivity index (χ4n) is 1.28. The van der Waals surface area contributed by atoms with Crippen LogP contribution in [0.1, 0.15) is 19.3 Å². The molecule has 0 aliphatic carbocycles. The third kappa shape index (κ3) is 2.87. The zero-order chi connectivity index (χ0) is 10.4. The van der Waals surface area contributed by atoms with Crippen molar-refractivity contribution in [2.75, 3.05) is 12.4 Å². The van der Waals surface area contributed by atoms with Crippen molar-refractivity contribution in [1.82, 2.24) is 4.57 Å². The Kier molecular flexibility index (Phi) is 4.16. The molecular weight excluding hydrogens is 183 g/mol. The van der Waals surface area contributed by atoms with Crippen LogP contribution in [-0.2, 0) is 6.54 Å². The average Bonchev–Trinajstić information content (AvgIpc) is 2.19. The quantitative estimate of drug-likeness (QED) is 0.730. The van der Waals surface area contributed by atoms with Gasteiger partial charge >= 0.3 is 0 Å². The number of anilines is 1. The summed E-state index contributed by atoms with van der Waals surface area (Å²) in [6.45, 7) is 0.329. The molecule has 0 spiro atoms. The Morgan fingerprint density at radius 1 is 1.36 bits per heavy atom. The van der Waals surface area contributed by atoms with Gasteiger partial charge in [-0.3, -0.25) is 9.18 Å². The number of halogens is 1. The molecule has 4 heteroatoms. The SMILES string of the molecule is Nc1cccn(CCCCCF)c1=O. The molecule has 0 bridgehead atoms. The van der Waals surface area contributed by atoms with Gasteiger partial charge in [0.15, 0.2) is 0 Å². The molecule has 0 saturated carbocycles. The lowest BCUT2D eigenvalue weighted by Gasteiger charge is -2.04. The summed E-state index contributed by atoms with van der Waals surface area (Å²) < 4.78 is 13.3. The summed E-state index contributed by atoms with van der Waals surface area (Å²) in [5.41, 5.74) is 5.56. The molecule has 0 aliphatic rings. The van der Waals surface area contributed by atoms with Gasteiger partial charge in [-0.05, 0) is 31.4 Å². The number of hydrogen-bond acceptors (Lipinski definition) is 2. The number of aromatic nitrogens is 1. The first-order valence-electron chi connectivity index (χ1n) is 4.76. The normalized spacial score (nSPS) is 10.4. The Morgan fingerprint density at radius 2 is 2.14 bits per heavy atom. The number of rotatable bonds is 5. The third-order valence-corrected chi connectivity index (χ3v) is 2.08. The number of nitrogens with zero attached hydrogens (tertiary/aromatic N) is 1. The maximum Gasteiger partial charge on any atom is 0.273 e. The highest BCUT2D eigenvalue weighted by molar-refractivity contribution is 5.33. The predicted octanol–water partition coefficient (Wildman–Crippen LogP) is 1.57. The van der Waals surface area contributed by atoms with Crippen LogP contribution < -0.4 is 11.3 Å². The van der Waals surface area contributed by atoms with Crippen molar-refractivity contribution in [2.24, 2.45) is 0 Å². The number of aryl methyl sites for hydroxylation is 1. The fraction of sp³-hybridized carbons (Fsp3) is 0.500. The van der Waals surface area contributed by atoms with Crippen molar-refractivity contribution in [3.8, 4) is 0 Å². The molecule has 14 heavy (non-hydrogen) atoms. The van der Waals surface area contributed by atoms with Crippen molar-refractivity contribution >= 4 is 5.69 Å². The van der Waals surface area contributed by atoms with E-state index in [0.717, 1.165) is 12.8 Å². The lowest BCUT2D eigenvalue weighted by Crippen LogP contribution is -2.21. The lowest BCUT2D eigenvalue weighted by atomic mass is 10.2. The predicted molar refractivity (Wildman–Crippen MR) is 54.9 cm³/mol. The van der Waals surface area contributed by atoms with Gasteiger partial charge in [-0.15, -0.1) is 0 Å². The van der Waals surface area contributed by atoms with E-state index in [1.165, 1.54) is 0 Å². The van der Waals surface area contributed by atoms with Gasteiger partial charge < -0.3 is 10.3 Å². The highest BCUT2D eigenvalue weighted by Gasteiger charge is 1.98. The largest absolute Gasteiger partial charge is 0.394 e. The van der Waals surface area contributed by atoms with Crippen LogP contribution in [0.15, 0.2) is 23.1 Å². The average molecular weight is 198 g/mol. The highest BCUT2D eigenvalue weighted by Crippen LogP contribution is 1.99. The second kappa shape index (κ2) is 5.42. The molecule has 0 aliphatic heterocycles. The molecule has 0 aromatic carbocycles. The molecule has 1 rings (SSSR count). The van der Waals surface area contributed by atoms with E-state index in [9.17, 15) is 9.18 Å². The Labute approximate surface area is 82.4 Å². The lowest BCUT2D eigenvalue weighted by molar-refractivity contribution is 0.447. The van der Waals surface area contributed by atoms with Crippen molar-refractivity contribution < 1.29 is 4.39 Å². The summed E-state index contributed by atoms with van der Waals surface area (Å²) >= 11 is 0. The highest BCUT2D eigenvalue weighted by atomic mass is 19.1. The molecule has 1 heterocycles. The third-order valence-electron chi connectivity index (χ3n) is 2.08. The first kappa shape index (κ1) is 10.8.